The van der Waals surface area contributed by atoms with Crippen LogP contribution in [0.2, 0.25) is 0 Å². The molecule has 0 spiro atoms. The minimum atomic E-state index is -0.921. The van der Waals surface area contributed by atoms with E-state index in [1.54, 1.807) is 18.9 Å². The molecule has 0 aromatic rings. The van der Waals surface area contributed by atoms with Gasteiger partial charge in [-0.25, -0.2) is 0 Å². The second kappa shape index (κ2) is 7.25. The molecule has 2 atom stereocenters. The van der Waals surface area contributed by atoms with E-state index in [1.165, 1.54) is 0 Å². The molecule has 1 amide bonds. The van der Waals surface area contributed by atoms with Gasteiger partial charge in [-0.1, -0.05) is 27.2 Å². The lowest BCUT2D eigenvalue weighted by Crippen LogP contribution is -2.35. The van der Waals surface area contributed by atoms with E-state index in [0.717, 1.165) is 12.8 Å². The lowest BCUT2D eigenvalue weighted by atomic mass is 10.0. The standard InChI is InChI=1S/C12H23NO3/c1-5-6-9(2)8-13(4)12(16)10(3)7-11(14)15/h9-10H,5-8H2,1-4H3,(H,14,15)/t9-,10+/m1/s1. The minimum absolute atomic E-state index is 0.0784. The molecule has 0 saturated heterocycles. The van der Waals surface area contributed by atoms with Gasteiger partial charge in [0.25, 0.3) is 0 Å². The van der Waals surface area contributed by atoms with Crippen LogP contribution in [0.25, 0.3) is 0 Å². The molecule has 16 heavy (non-hydrogen) atoms. The number of amides is 1. The van der Waals surface area contributed by atoms with Gasteiger partial charge in [-0.15, -0.1) is 0 Å². The van der Waals surface area contributed by atoms with Crippen LogP contribution in [0, 0.1) is 11.8 Å². The Hall–Kier alpha value is -1.06. The summed E-state index contributed by atoms with van der Waals surface area (Å²) in [4.78, 5) is 23.9. The summed E-state index contributed by atoms with van der Waals surface area (Å²) in [5.74, 6) is -0.964. The number of hydrogen-bond acceptors (Lipinski definition) is 2. The summed E-state index contributed by atoms with van der Waals surface area (Å²) >= 11 is 0. The van der Waals surface area contributed by atoms with E-state index in [2.05, 4.69) is 13.8 Å². The minimum Gasteiger partial charge on any atom is -0.481 e. The Balaban J connectivity index is 4.11. The maximum atomic E-state index is 11.8. The summed E-state index contributed by atoms with van der Waals surface area (Å²) in [7, 11) is 1.74. The highest BCUT2D eigenvalue weighted by atomic mass is 16.4. The molecular formula is C12H23NO3. The zero-order valence-electron chi connectivity index (χ0n) is 10.7. The largest absolute Gasteiger partial charge is 0.481 e. The number of aliphatic carboxylic acids is 1. The predicted octanol–water partition coefficient (Wildman–Crippen LogP) is 1.99. The fourth-order valence-corrected chi connectivity index (χ4v) is 1.87. The second-order valence-corrected chi connectivity index (χ2v) is 4.61. The van der Waals surface area contributed by atoms with Crippen LogP contribution >= 0.6 is 0 Å². The summed E-state index contributed by atoms with van der Waals surface area (Å²) in [6.45, 7) is 6.59. The molecule has 4 nitrogen and oxygen atoms in total. The Morgan fingerprint density at radius 1 is 1.31 bits per heavy atom. The number of carboxylic acids is 1. The Morgan fingerprint density at radius 3 is 2.31 bits per heavy atom. The molecule has 0 aliphatic rings. The third kappa shape index (κ3) is 5.73. The van der Waals surface area contributed by atoms with Crippen molar-refractivity contribution in [3.05, 3.63) is 0 Å². The number of rotatable bonds is 7. The van der Waals surface area contributed by atoms with Crippen LogP contribution < -0.4 is 0 Å². The summed E-state index contributed by atoms with van der Waals surface area (Å²) < 4.78 is 0. The molecule has 1 N–H and O–H groups in total. The third-order valence-electron chi connectivity index (χ3n) is 2.65. The van der Waals surface area contributed by atoms with E-state index < -0.39 is 11.9 Å². The van der Waals surface area contributed by atoms with Crippen molar-refractivity contribution >= 4 is 11.9 Å². The van der Waals surface area contributed by atoms with Crippen molar-refractivity contribution in [1.82, 2.24) is 4.90 Å². The van der Waals surface area contributed by atoms with Crippen molar-refractivity contribution in [2.75, 3.05) is 13.6 Å². The first kappa shape index (κ1) is 14.9. The van der Waals surface area contributed by atoms with E-state index in [-0.39, 0.29) is 12.3 Å². The molecule has 0 bridgehead atoms. The second-order valence-electron chi connectivity index (χ2n) is 4.61. The molecule has 0 rings (SSSR count). The fraction of sp³-hybridized carbons (Fsp3) is 0.833. The maximum Gasteiger partial charge on any atom is 0.304 e. The molecule has 0 unspecified atom stereocenters. The van der Waals surface area contributed by atoms with Crippen molar-refractivity contribution in [3.63, 3.8) is 0 Å². The summed E-state index contributed by atoms with van der Waals surface area (Å²) in [5.41, 5.74) is 0. The topological polar surface area (TPSA) is 57.6 Å². The number of hydrogen-bond donors (Lipinski definition) is 1. The average molecular weight is 229 g/mol. The van der Waals surface area contributed by atoms with Crippen LogP contribution in [-0.2, 0) is 9.59 Å². The van der Waals surface area contributed by atoms with Crippen LogP contribution in [0.5, 0.6) is 0 Å². The van der Waals surface area contributed by atoms with Gasteiger partial charge < -0.3 is 10.0 Å². The first-order valence-electron chi connectivity index (χ1n) is 5.85. The van der Waals surface area contributed by atoms with Crippen molar-refractivity contribution in [1.29, 1.82) is 0 Å². The first-order valence-corrected chi connectivity index (χ1v) is 5.85. The van der Waals surface area contributed by atoms with Gasteiger partial charge >= 0.3 is 5.97 Å². The van der Waals surface area contributed by atoms with Gasteiger partial charge in [-0.3, -0.25) is 9.59 Å². The lowest BCUT2D eigenvalue weighted by Gasteiger charge is -2.23. The molecule has 94 valence electrons. The Bertz CT molecular complexity index is 240. The van der Waals surface area contributed by atoms with Crippen molar-refractivity contribution < 1.29 is 14.7 Å². The molecule has 0 fully saturated rings. The van der Waals surface area contributed by atoms with E-state index in [1.807, 2.05) is 0 Å². The highest BCUT2D eigenvalue weighted by molar-refractivity contribution is 5.82. The number of nitrogens with zero attached hydrogens (tertiary/aromatic N) is 1. The summed E-state index contributed by atoms with van der Waals surface area (Å²) in [5, 5.41) is 8.61. The van der Waals surface area contributed by atoms with Gasteiger partial charge in [0, 0.05) is 19.5 Å². The van der Waals surface area contributed by atoms with E-state index in [9.17, 15) is 9.59 Å². The molecule has 4 heteroatoms. The van der Waals surface area contributed by atoms with Gasteiger partial charge in [0.1, 0.15) is 0 Å². The molecule has 0 aliphatic heterocycles. The molecule has 0 aromatic carbocycles. The molecule has 0 radical (unpaired) electrons. The Labute approximate surface area is 97.6 Å². The molecular weight excluding hydrogens is 206 g/mol. The van der Waals surface area contributed by atoms with Crippen molar-refractivity contribution in [2.24, 2.45) is 11.8 Å². The molecule has 0 aliphatic carbocycles. The molecule has 0 heterocycles. The van der Waals surface area contributed by atoms with Crippen LogP contribution in [0.3, 0.4) is 0 Å². The highest BCUT2D eigenvalue weighted by Gasteiger charge is 2.20. The first-order chi connectivity index (χ1) is 7.38. The fourth-order valence-electron chi connectivity index (χ4n) is 1.87. The van der Waals surface area contributed by atoms with Gasteiger partial charge in [-0.05, 0) is 12.3 Å². The zero-order valence-corrected chi connectivity index (χ0v) is 10.7. The monoisotopic (exact) mass is 229 g/mol. The normalized spacial score (nSPS) is 14.2. The van der Waals surface area contributed by atoms with Crippen LogP contribution in [0.1, 0.15) is 40.0 Å². The SMILES string of the molecule is CCC[C@@H](C)CN(C)C(=O)[C@@H](C)CC(=O)O. The van der Waals surface area contributed by atoms with Crippen LogP contribution in [-0.4, -0.2) is 35.5 Å². The highest BCUT2D eigenvalue weighted by Crippen LogP contribution is 2.11. The van der Waals surface area contributed by atoms with Gasteiger partial charge in [0.05, 0.1) is 6.42 Å². The van der Waals surface area contributed by atoms with Crippen LogP contribution in [0.15, 0.2) is 0 Å². The van der Waals surface area contributed by atoms with E-state index >= 15 is 0 Å². The van der Waals surface area contributed by atoms with Crippen molar-refractivity contribution in [2.45, 2.75) is 40.0 Å². The number of carbonyl (C=O) groups is 2. The predicted molar refractivity (Wildman–Crippen MR) is 63.1 cm³/mol. The molecule has 0 aromatic heterocycles. The smallest absolute Gasteiger partial charge is 0.304 e. The Morgan fingerprint density at radius 2 is 1.88 bits per heavy atom. The lowest BCUT2D eigenvalue weighted by molar-refractivity contribution is -0.143. The Kier molecular flexibility index (Phi) is 6.77. The summed E-state index contributed by atoms with van der Waals surface area (Å²) in [6, 6.07) is 0. The quantitative estimate of drug-likeness (QED) is 0.726. The third-order valence-corrected chi connectivity index (χ3v) is 2.65. The average Bonchev–Trinajstić information content (AvgIpc) is 2.15. The van der Waals surface area contributed by atoms with Crippen molar-refractivity contribution in [3.8, 4) is 0 Å². The summed E-state index contributed by atoms with van der Waals surface area (Å²) in [6.07, 6.45) is 2.10. The number of carbonyl (C=O) groups excluding carboxylic acids is 1. The van der Waals surface area contributed by atoms with Crippen LogP contribution in [0.4, 0.5) is 0 Å². The van der Waals surface area contributed by atoms with Gasteiger partial charge in [0.2, 0.25) is 5.91 Å². The zero-order chi connectivity index (χ0) is 12.7. The van der Waals surface area contributed by atoms with Gasteiger partial charge in [0.15, 0.2) is 0 Å². The maximum absolute atomic E-state index is 11.8. The molecule has 0 saturated carbocycles. The van der Waals surface area contributed by atoms with E-state index in [0.29, 0.717) is 12.5 Å². The number of carboxylic acid groups (broad SMARTS) is 1. The van der Waals surface area contributed by atoms with Gasteiger partial charge in [-0.2, -0.15) is 0 Å². The van der Waals surface area contributed by atoms with E-state index in [4.69, 9.17) is 5.11 Å².